The van der Waals surface area contributed by atoms with Crippen molar-refractivity contribution < 1.29 is 9.53 Å². The maximum atomic E-state index is 11.9. The fraction of sp³-hybridized carbons (Fsp3) is 0.588. The number of piperidine rings is 1. The molecule has 1 amide bonds. The number of anilines is 1. The maximum Gasteiger partial charge on any atom is 0.412 e. The lowest BCUT2D eigenvalue weighted by Gasteiger charge is -2.25. The molecule has 0 spiro atoms. The van der Waals surface area contributed by atoms with Crippen molar-refractivity contribution in [3.05, 3.63) is 29.8 Å². The summed E-state index contributed by atoms with van der Waals surface area (Å²) >= 11 is 0. The van der Waals surface area contributed by atoms with Gasteiger partial charge in [-0.15, -0.1) is 0 Å². The Hall–Kier alpha value is -1.55. The Morgan fingerprint density at radius 3 is 2.76 bits per heavy atom. The number of ether oxygens (including phenoxy) is 1. The SMILES string of the molecule is CC(C)(C)OC(=O)Nc1ccccc1CC1CCCCN1. The number of hydrogen-bond donors (Lipinski definition) is 2. The van der Waals surface area contributed by atoms with Crippen LogP contribution >= 0.6 is 0 Å². The Kier molecular flexibility index (Phi) is 5.23. The fourth-order valence-electron chi connectivity index (χ4n) is 2.60. The molecule has 1 unspecified atom stereocenters. The van der Waals surface area contributed by atoms with Gasteiger partial charge in [0.1, 0.15) is 5.60 Å². The molecule has 1 aromatic carbocycles. The smallest absolute Gasteiger partial charge is 0.412 e. The summed E-state index contributed by atoms with van der Waals surface area (Å²) in [5.41, 5.74) is 1.52. The fourth-order valence-corrected chi connectivity index (χ4v) is 2.60. The van der Waals surface area contributed by atoms with Gasteiger partial charge in [0.2, 0.25) is 0 Å². The minimum absolute atomic E-state index is 0.397. The van der Waals surface area contributed by atoms with Crippen molar-refractivity contribution in [2.24, 2.45) is 0 Å². The van der Waals surface area contributed by atoms with Gasteiger partial charge in [-0.1, -0.05) is 24.6 Å². The summed E-state index contributed by atoms with van der Waals surface area (Å²) in [4.78, 5) is 11.9. The summed E-state index contributed by atoms with van der Waals surface area (Å²) in [5, 5.41) is 6.41. The second kappa shape index (κ2) is 6.94. The lowest BCUT2D eigenvalue weighted by Crippen LogP contribution is -2.35. The highest BCUT2D eigenvalue weighted by Gasteiger charge is 2.18. The van der Waals surface area contributed by atoms with Gasteiger partial charge in [0.15, 0.2) is 0 Å². The first kappa shape index (κ1) is 15.8. The molecule has 2 N–H and O–H groups in total. The highest BCUT2D eigenvalue weighted by Crippen LogP contribution is 2.21. The molecule has 0 radical (unpaired) electrons. The van der Waals surface area contributed by atoms with E-state index in [9.17, 15) is 4.79 Å². The van der Waals surface area contributed by atoms with Crippen LogP contribution in [0, 0.1) is 0 Å². The van der Waals surface area contributed by atoms with E-state index in [1.807, 2.05) is 39.0 Å². The van der Waals surface area contributed by atoms with Gasteiger partial charge in [0.25, 0.3) is 0 Å². The minimum atomic E-state index is -0.482. The first-order valence-corrected chi connectivity index (χ1v) is 7.75. The number of amides is 1. The van der Waals surface area contributed by atoms with Crippen molar-refractivity contribution in [1.82, 2.24) is 5.32 Å². The quantitative estimate of drug-likeness (QED) is 0.892. The molecule has 0 saturated carbocycles. The molecule has 4 heteroatoms. The van der Waals surface area contributed by atoms with E-state index in [1.165, 1.54) is 19.3 Å². The van der Waals surface area contributed by atoms with Crippen LogP contribution in [0.1, 0.15) is 45.6 Å². The van der Waals surface area contributed by atoms with E-state index in [-0.39, 0.29) is 0 Å². The summed E-state index contributed by atoms with van der Waals surface area (Å²) in [6, 6.07) is 8.45. The van der Waals surface area contributed by atoms with Gasteiger partial charge in [-0.3, -0.25) is 5.32 Å². The largest absolute Gasteiger partial charge is 0.444 e. The number of rotatable bonds is 3. The standard InChI is InChI=1S/C17H26N2O2/c1-17(2,3)21-16(20)19-15-10-5-4-8-13(15)12-14-9-6-7-11-18-14/h4-5,8,10,14,18H,6-7,9,11-12H2,1-3H3,(H,19,20). The molecule has 0 aromatic heterocycles. The highest BCUT2D eigenvalue weighted by molar-refractivity contribution is 5.85. The number of para-hydroxylation sites is 1. The van der Waals surface area contributed by atoms with Gasteiger partial charge >= 0.3 is 6.09 Å². The lowest BCUT2D eigenvalue weighted by molar-refractivity contribution is 0.0635. The average molecular weight is 290 g/mol. The molecule has 1 fully saturated rings. The van der Waals surface area contributed by atoms with Crippen LogP contribution < -0.4 is 10.6 Å². The van der Waals surface area contributed by atoms with E-state index in [4.69, 9.17) is 4.74 Å². The molecule has 2 rings (SSSR count). The van der Waals surface area contributed by atoms with E-state index in [0.29, 0.717) is 6.04 Å². The molecule has 1 aliphatic rings. The third-order valence-corrected chi connectivity index (χ3v) is 3.53. The van der Waals surface area contributed by atoms with Crippen LogP contribution in [0.4, 0.5) is 10.5 Å². The third kappa shape index (κ3) is 5.38. The van der Waals surface area contributed by atoms with E-state index in [2.05, 4.69) is 16.7 Å². The van der Waals surface area contributed by atoms with Gasteiger partial charge in [-0.25, -0.2) is 4.79 Å². The van der Waals surface area contributed by atoms with Gasteiger partial charge in [0, 0.05) is 11.7 Å². The van der Waals surface area contributed by atoms with Crippen LogP contribution in [0.25, 0.3) is 0 Å². The van der Waals surface area contributed by atoms with Crippen molar-refractivity contribution in [3.63, 3.8) is 0 Å². The Morgan fingerprint density at radius 1 is 1.33 bits per heavy atom. The number of benzene rings is 1. The highest BCUT2D eigenvalue weighted by atomic mass is 16.6. The van der Waals surface area contributed by atoms with Crippen molar-refractivity contribution in [2.75, 3.05) is 11.9 Å². The molecular formula is C17H26N2O2. The monoisotopic (exact) mass is 290 g/mol. The van der Waals surface area contributed by atoms with Crippen LogP contribution in [-0.4, -0.2) is 24.3 Å². The van der Waals surface area contributed by atoms with Crippen LogP contribution in [0.2, 0.25) is 0 Å². The predicted molar refractivity (Wildman–Crippen MR) is 85.6 cm³/mol. The minimum Gasteiger partial charge on any atom is -0.444 e. The summed E-state index contributed by atoms with van der Waals surface area (Å²) < 4.78 is 5.32. The number of carbonyl (C=O) groups excluding carboxylic acids is 1. The Labute approximate surface area is 127 Å². The normalized spacial score (nSPS) is 19.1. The zero-order valence-electron chi connectivity index (χ0n) is 13.2. The summed E-state index contributed by atoms with van der Waals surface area (Å²) in [5.74, 6) is 0. The van der Waals surface area contributed by atoms with Crippen molar-refractivity contribution in [2.45, 2.75) is 58.1 Å². The average Bonchev–Trinajstić information content (AvgIpc) is 2.40. The molecule has 21 heavy (non-hydrogen) atoms. The molecule has 116 valence electrons. The summed E-state index contributed by atoms with van der Waals surface area (Å²) in [7, 11) is 0. The van der Waals surface area contributed by atoms with Crippen molar-refractivity contribution >= 4 is 11.8 Å². The van der Waals surface area contributed by atoms with E-state index < -0.39 is 11.7 Å². The van der Waals surface area contributed by atoms with Gasteiger partial charge in [-0.05, 0) is 58.2 Å². The van der Waals surface area contributed by atoms with Crippen LogP contribution in [0.5, 0.6) is 0 Å². The number of carbonyl (C=O) groups is 1. The van der Waals surface area contributed by atoms with Gasteiger partial charge in [0.05, 0.1) is 0 Å². The number of hydrogen-bond acceptors (Lipinski definition) is 3. The van der Waals surface area contributed by atoms with Crippen LogP contribution in [0.15, 0.2) is 24.3 Å². The molecule has 1 saturated heterocycles. The molecule has 1 heterocycles. The molecule has 0 aliphatic carbocycles. The van der Waals surface area contributed by atoms with Crippen molar-refractivity contribution in [3.8, 4) is 0 Å². The molecule has 4 nitrogen and oxygen atoms in total. The third-order valence-electron chi connectivity index (χ3n) is 3.53. The van der Waals surface area contributed by atoms with Gasteiger partial charge < -0.3 is 10.1 Å². The summed E-state index contributed by atoms with van der Waals surface area (Å²) in [6.07, 6.45) is 4.27. The Morgan fingerprint density at radius 2 is 2.10 bits per heavy atom. The topological polar surface area (TPSA) is 50.4 Å². The molecule has 1 atom stereocenters. The van der Waals surface area contributed by atoms with Crippen LogP contribution in [-0.2, 0) is 11.2 Å². The molecular weight excluding hydrogens is 264 g/mol. The Bertz CT molecular complexity index is 474. The van der Waals surface area contributed by atoms with E-state index in [1.54, 1.807) is 0 Å². The number of nitrogens with one attached hydrogen (secondary N) is 2. The van der Waals surface area contributed by atoms with E-state index >= 15 is 0 Å². The molecule has 0 bridgehead atoms. The second-order valence-electron chi connectivity index (χ2n) is 6.63. The zero-order valence-corrected chi connectivity index (χ0v) is 13.2. The van der Waals surface area contributed by atoms with Crippen molar-refractivity contribution in [1.29, 1.82) is 0 Å². The second-order valence-corrected chi connectivity index (χ2v) is 6.63. The summed E-state index contributed by atoms with van der Waals surface area (Å²) in [6.45, 7) is 6.69. The van der Waals surface area contributed by atoms with Gasteiger partial charge in [-0.2, -0.15) is 0 Å². The first-order chi connectivity index (χ1) is 9.94. The molecule has 1 aromatic rings. The van der Waals surface area contributed by atoms with Crippen LogP contribution in [0.3, 0.4) is 0 Å². The Balaban J connectivity index is 2.00. The molecule has 1 aliphatic heterocycles. The predicted octanol–water partition coefficient (Wildman–Crippen LogP) is 3.72. The maximum absolute atomic E-state index is 11.9. The lowest BCUT2D eigenvalue weighted by atomic mass is 9.97. The zero-order chi connectivity index (χ0) is 15.3. The first-order valence-electron chi connectivity index (χ1n) is 7.75. The van der Waals surface area contributed by atoms with E-state index in [0.717, 1.165) is 24.2 Å².